The number of aromatic nitrogens is 3. The molecule has 0 unspecified atom stereocenters. The minimum Gasteiger partial charge on any atom is -0.497 e. The quantitative estimate of drug-likeness (QED) is 0.499. The van der Waals surface area contributed by atoms with Gasteiger partial charge in [0.2, 0.25) is 0 Å². The highest BCUT2D eigenvalue weighted by Crippen LogP contribution is 2.29. The summed E-state index contributed by atoms with van der Waals surface area (Å²) in [5.74, 6) is 2.66. The minimum atomic E-state index is 0.707. The number of benzene rings is 1. The molecule has 1 aromatic carbocycles. The Balaban J connectivity index is 1.64. The zero-order valence-electron chi connectivity index (χ0n) is 20.2. The first-order valence-electron chi connectivity index (χ1n) is 11.6. The van der Waals surface area contributed by atoms with Crippen LogP contribution in [0.3, 0.4) is 0 Å². The van der Waals surface area contributed by atoms with E-state index in [4.69, 9.17) is 14.7 Å². The van der Waals surface area contributed by atoms with Gasteiger partial charge in [-0.2, -0.15) is 0 Å². The second kappa shape index (κ2) is 10.7. The lowest BCUT2D eigenvalue weighted by atomic mass is 10.0. The number of hydrogen-bond acceptors (Lipinski definition) is 7. The monoisotopic (exact) mass is 446 g/mol. The number of ether oxygens (including phenoxy) is 1. The average Bonchev–Trinajstić information content (AvgIpc) is 2.85. The molecule has 0 spiro atoms. The van der Waals surface area contributed by atoms with Crippen LogP contribution in [0.15, 0.2) is 48.7 Å². The molecular formula is C26H34N6O. The van der Waals surface area contributed by atoms with Crippen molar-refractivity contribution in [2.24, 2.45) is 0 Å². The molecule has 2 aromatic heterocycles. The van der Waals surface area contributed by atoms with Gasteiger partial charge in [0.15, 0.2) is 5.82 Å². The minimum absolute atomic E-state index is 0.707. The number of hydrogen-bond donors (Lipinski definition) is 0. The van der Waals surface area contributed by atoms with Gasteiger partial charge >= 0.3 is 0 Å². The van der Waals surface area contributed by atoms with Crippen LogP contribution in [0.5, 0.6) is 5.75 Å². The normalized spacial score (nSPS) is 13.7. The molecule has 0 N–H and O–H groups in total. The molecule has 1 aliphatic heterocycles. The Kier molecular flexibility index (Phi) is 7.52. The van der Waals surface area contributed by atoms with E-state index in [9.17, 15) is 0 Å². The maximum atomic E-state index is 5.30. The molecule has 1 aliphatic rings. The molecule has 0 aliphatic carbocycles. The van der Waals surface area contributed by atoms with Crippen molar-refractivity contribution in [3.63, 3.8) is 0 Å². The molecule has 7 nitrogen and oxygen atoms in total. The summed E-state index contributed by atoms with van der Waals surface area (Å²) in [5.41, 5.74) is 4.49. The molecule has 3 heterocycles. The van der Waals surface area contributed by atoms with Crippen molar-refractivity contribution >= 4 is 5.82 Å². The SMILES string of the molecule is CCN(CCN(C)C)c1nc(-c2ccccn2)nc2c1CCN(Cc1ccc(OC)cc1)C2. The number of likely N-dealkylation sites (N-methyl/N-ethyl adjacent to an activating group) is 2. The summed E-state index contributed by atoms with van der Waals surface area (Å²) < 4.78 is 5.30. The molecule has 0 fully saturated rings. The van der Waals surface area contributed by atoms with Crippen LogP contribution in [-0.2, 0) is 19.5 Å². The van der Waals surface area contributed by atoms with E-state index < -0.39 is 0 Å². The van der Waals surface area contributed by atoms with Gasteiger partial charge in [-0.1, -0.05) is 18.2 Å². The Hall–Kier alpha value is -3.03. The van der Waals surface area contributed by atoms with Crippen molar-refractivity contribution in [3.05, 3.63) is 65.5 Å². The fourth-order valence-corrected chi connectivity index (χ4v) is 4.19. The number of nitrogens with zero attached hydrogens (tertiary/aromatic N) is 6. The second-order valence-electron chi connectivity index (χ2n) is 8.70. The third-order valence-electron chi connectivity index (χ3n) is 6.08. The largest absolute Gasteiger partial charge is 0.497 e. The van der Waals surface area contributed by atoms with Crippen molar-refractivity contribution in [3.8, 4) is 17.3 Å². The van der Waals surface area contributed by atoms with Crippen molar-refractivity contribution in [2.45, 2.75) is 26.4 Å². The van der Waals surface area contributed by atoms with Gasteiger partial charge in [-0.25, -0.2) is 9.97 Å². The van der Waals surface area contributed by atoms with Crippen LogP contribution in [0.25, 0.3) is 11.5 Å². The van der Waals surface area contributed by atoms with E-state index in [0.29, 0.717) is 5.82 Å². The second-order valence-corrected chi connectivity index (χ2v) is 8.70. The Labute approximate surface area is 197 Å². The molecule has 0 amide bonds. The number of pyridine rings is 1. The molecule has 0 bridgehead atoms. The predicted molar refractivity (Wildman–Crippen MR) is 133 cm³/mol. The van der Waals surface area contributed by atoms with Gasteiger partial charge in [-0.05, 0) is 57.3 Å². The maximum Gasteiger partial charge on any atom is 0.180 e. The number of anilines is 1. The van der Waals surface area contributed by atoms with E-state index in [0.717, 1.165) is 68.6 Å². The van der Waals surface area contributed by atoms with Gasteiger partial charge in [-0.15, -0.1) is 0 Å². The molecule has 174 valence electrons. The number of rotatable bonds is 9. The summed E-state index contributed by atoms with van der Waals surface area (Å²) in [6, 6.07) is 14.2. The molecule has 0 saturated carbocycles. The summed E-state index contributed by atoms with van der Waals surface area (Å²) in [5, 5.41) is 0. The third kappa shape index (κ3) is 5.67. The molecule has 0 radical (unpaired) electrons. The van der Waals surface area contributed by atoms with Gasteiger partial charge < -0.3 is 14.5 Å². The van der Waals surface area contributed by atoms with E-state index in [1.165, 1.54) is 11.1 Å². The van der Waals surface area contributed by atoms with Crippen LogP contribution in [0.4, 0.5) is 5.82 Å². The Morgan fingerprint density at radius 2 is 1.85 bits per heavy atom. The van der Waals surface area contributed by atoms with Gasteiger partial charge in [0, 0.05) is 51.0 Å². The predicted octanol–water partition coefficient (Wildman–Crippen LogP) is 3.49. The first kappa shape index (κ1) is 23.1. The number of methoxy groups -OCH3 is 1. The molecule has 7 heteroatoms. The highest BCUT2D eigenvalue weighted by Gasteiger charge is 2.25. The standard InChI is InChI=1S/C26H34N6O/c1-5-32(17-16-30(2)3)26-22-13-15-31(18-20-9-11-21(33-4)12-10-20)19-24(22)28-25(29-26)23-8-6-7-14-27-23/h6-12,14H,5,13,15-19H2,1-4H3. The summed E-state index contributed by atoms with van der Waals surface area (Å²) in [6.07, 6.45) is 2.75. The summed E-state index contributed by atoms with van der Waals surface area (Å²) >= 11 is 0. The van der Waals surface area contributed by atoms with E-state index in [1.54, 1.807) is 13.3 Å². The van der Waals surface area contributed by atoms with Crippen LogP contribution in [-0.4, -0.2) is 72.1 Å². The maximum absolute atomic E-state index is 5.30. The Morgan fingerprint density at radius 1 is 1.03 bits per heavy atom. The van der Waals surface area contributed by atoms with E-state index in [-0.39, 0.29) is 0 Å². The summed E-state index contributed by atoms with van der Waals surface area (Å²) in [7, 11) is 5.92. The highest BCUT2D eigenvalue weighted by molar-refractivity contribution is 5.58. The topological polar surface area (TPSA) is 57.6 Å². The van der Waals surface area contributed by atoms with E-state index in [1.807, 2.05) is 30.3 Å². The third-order valence-corrected chi connectivity index (χ3v) is 6.08. The molecule has 4 rings (SSSR count). The van der Waals surface area contributed by atoms with Crippen molar-refractivity contribution < 1.29 is 4.74 Å². The van der Waals surface area contributed by atoms with Crippen molar-refractivity contribution in [2.75, 3.05) is 52.3 Å². The Morgan fingerprint density at radius 3 is 2.52 bits per heavy atom. The van der Waals surface area contributed by atoms with E-state index in [2.05, 4.69) is 52.8 Å². The fraction of sp³-hybridized carbons (Fsp3) is 0.423. The molecule has 3 aromatic rings. The van der Waals surface area contributed by atoms with Crippen LogP contribution in [0, 0.1) is 0 Å². The van der Waals surface area contributed by atoms with Gasteiger partial charge in [0.1, 0.15) is 17.3 Å². The van der Waals surface area contributed by atoms with Crippen molar-refractivity contribution in [1.82, 2.24) is 24.8 Å². The first-order valence-corrected chi connectivity index (χ1v) is 11.6. The van der Waals surface area contributed by atoms with Crippen LogP contribution in [0.1, 0.15) is 23.7 Å². The van der Waals surface area contributed by atoms with Crippen LogP contribution >= 0.6 is 0 Å². The smallest absolute Gasteiger partial charge is 0.180 e. The lowest BCUT2D eigenvalue weighted by Gasteiger charge is -2.32. The molecule has 0 saturated heterocycles. The van der Waals surface area contributed by atoms with Crippen molar-refractivity contribution in [1.29, 1.82) is 0 Å². The Bertz CT molecular complexity index is 1040. The zero-order valence-corrected chi connectivity index (χ0v) is 20.2. The molecular weight excluding hydrogens is 412 g/mol. The van der Waals surface area contributed by atoms with Gasteiger partial charge in [0.05, 0.1) is 12.8 Å². The molecule has 0 atom stereocenters. The van der Waals surface area contributed by atoms with E-state index >= 15 is 0 Å². The average molecular weight is 447 g/mol. The summed E-state index contributed by atoms with van der Waals surface area (Å²) in [4.78, 5) is 21.6. The molecule has 33 heavy (non-hydrogen) atoms. The zero-order chi connectivity index (χ0) is 23.2. The highest BCUT2D eigenvalue weighted by atomic mass is 16.5. The van der Waals surface area contributed by atoms with Crippen LogP contribution < -0.4 is 9.64 Å². The number of fused-ring (bicyclic) bond motifs is 1. The fourth-order valence-electron chi connectivity index (χ4n) is 4.19. The lowest BCUT2D eigenvalue weighted by Crippen LogP contribution is -2.36. The van der Waals surface area contributed by atoms with Gasteiger partial charge in [-0.3, -0.25) is 9.88 Å². The lowest BCUT2D eigenvalue weighted by molar-refractivity contribution is 0.241. The first-order chi connectivity index (χ1) is 16.1. The van der Waals surface area contributed by atoms with Gasteiger partial charge in [0.25, 0.3) is 0 Å². The van der Waals surface area contributed by atoms with Crippen LogP contribution in [0.2, 0.25) is 0 Å². The summed E-state index contributed by atoms with van der Waals surface area (Å²) in [6.45, 7) is 7.71.